The molecule has 0 heterocycles. The van der Waals surface area contributed by atoms with Crippen LogP contribution >= 0.6 is 11.6 Å². The van der Waals surface area contributed by atoms with Gasteiger partial charge in [-0.05, 0) is 29.1 Å². The van der Waals surface area contributed by atoms with Crippen LogP contribution in [0, 0.1) is 5.92 Å². The fourth-order valence-corrected chi connectivity index (χ4v) is 2.10. The molecular formula is C17H15ClO3. The number of halogens is 1. The second-order valence-electron chi connectivity index (χ2n) is 4.64. The first-order chi connectivity index (χ1) is 10.2. The van der Waals surface area contributed by atoms with Gasteiger partial charge in [0.15, 0.2) is 0 Å². The topological polar surface area (TPSA) is 43.4 Å². The number of carbonyl (C=O) groups is 2. The van der Waals surface area contributed by atoms with Crippen molar-refractivity contribution in [1.82, 2.24) is 0 Å². The summed E-state index contributed by atoms with van der Waals surface area (Å²) in [6.07, 6.45) is 0.247. The molecule has 0 fully saturated rings. The number of benzene rings is 2. The molecule has 1 atom stereocenters. The molecule has 0 aliphatic rings. The van der Waals surface area contributed by atoms with E-state index in [1.807, 2.05) is 60.7 Å². The molecule has 108 valence electrons. The first kappa shape index (κ1) is 15.3. The predicted molar refractivity (Wildman–Crippen MR) is 80.7 cm³/mol. The van der Waals surface area contributed by atoms with Crippen molar-refractivity contribution in [3.05, 3.63) is 71.8 Å². The maximum Gasteiger partial charge on any atom is 0.318 e. The monoisotopic (exact) mass is 302 g/mol. The smallest absolute Gasteiger partial charge is 0.318 e. The van der Waals surface area contributed by atoms with Crippen LogP contribution in [-0.2, 0) is 27.4 Å². The van der Waals surface area contributed by atoms with Gasteiger partial charge in [-0.3, -0.25) is 9.59 Å². The molecule has 0 radical (unpaired) electrons. The van der Waals surface area contributed by atoms with E-state index in [-0.39, 0.29) is 13.0 Å². The Balaban J connectivity index is 1.98. The standard InChI is InChI=1S/C17H15ClO3/c18-16(19)15(11-13-7-3-1-4-8-13)17(20)21-12-14-9-5-2-6-10-14/h1-10,15H,11-12H2. The molecule has 21 heavy (non-hydrogen) atoms. The first-order valence-electron chi connectivity index (χ1n) is 6.60. The van der Waals surface area contributed by atoms with Crippen molar-refractivity contribution in [2.75, 3.05) is 0 Å². The van der Waals surface area contributed by atoms with Gasteiger partial charge in [0.1, 0.15) is 12.5 Å². The van der Waals surface area contributed by atoms with E-state index in [1.165, 1.54) is 0 Å². The van der Waals surface area contributed by atoms with Crippen molar-refractivity contribution in [3.8, 4) is 0 Å². The molecule has 0 saturated carbocycles. The maximum atomic E-state index is 12.0. The van der Waals surface area contributed by atoms with Crippen LogP contribution in [0.2, 0.25) is 0 Å². The number of rotatable bonds is 6. The highest BCUT2D eigenvalue weighted by atomic mass is 35.5. The summed E-state index contributed by atoms with van der Waals surface area (Å²) in [6, 6.07) is 18.6. The lowest BCUT2D eigenvalue weighted by Gasteiger charge is -2.12. The van der Waals surface area contributed by atoms with E-state index in [0.29, 0.717) is 0 Å². The predicted octanol–water partition coefficient (Wildman–Crippen LogP) is 3.35. The molecule has 0 N–H and O–H groups in total. The summed E-state index contributed by atoms with van der Waals surface area (Å²) in [5.74, 6) is -1.57. The Morgan fingerprint density at radius 3 is 1.95 bits per heavy atom. The Morgan fingerprint density at radius 1 is 0.905 bits per heavy atom. The summed E-state index contributed by atoms with van der Waals surface area (Å²) in [5.41, 5.74) is 1.74. The van der Waals surface area contributed by atoms with Gasteiger partial charge in [0, 0.05) is 0 Å². The minimum Gasteiger partial charge on any atom is -0.460 e. The first-order valence-corrected chi connectivity index (χ1v) is 6.98. The maximum absolute atomic E-state index is 12.0. The molecule has 3 nitrogen and oxygen atoms in total. The van der Waals surface area contributed by atoms with Crippen molar-refractivity contribution in [2.45, 2.75) is 13.0 Å². The molecule has 2 rings (SSSR count). The minimum atomic E-state index is -0.974. The second kappa shape index (κ2) is 7.60. The van der Waals surface area contributed by atoms with Crippen LogP contribution in [0.25, 0.3) is 0 Å². The summed E-state index contributed by atoms with van der Waals surface area (Å²) < 4.78 is 5.18. The van der Waals surface area contributed by atoms with Crippen molar-refractivity contribution in [2.24, 2.45) is 5.92 Å². The normalized spacial score (nSPS) is 11.7. The van der Waals surface area contributed by atoms with E-state index in [4.69, 9.17) is 16.3 Å². The van der Waals surface area contributed by atoms with Gasteiger partial charge in [0.25, 0.3) is 0 Å². The van der Waals surface area contributed by atoms with E-state index in [2.05, 4.69) is 0 Å². The Kier molecular flexibility index (Phi) is 5.52. The summed E-state index contributed by atoms with van der Waals surface area (Å²) in [6.45, 7) is 0.134. The third kappa shape index (κ3) is 4.72. The molecule has 0 amide bonds. The average Bonchev–Trinajstić information content (AvgIpc) is 2.52. The van der Waals surface area contributed by atoms with Crippen LogP contribution in [0.3, 0.4) is 0 Å². The van der Waals surface area contributed by atoms with E-state index < -0.39 is 17.1 Å². The van der Waals surface area contributed by atoms with Gasteiger partial charge in [-0.1, -0.05) is 60.7 Å². The zero-order chi connectivity index (χ0) is 15.1. The van der Waals surface area contributed by atoms with Crippen molar-refractivity contribution in [3.63, 3.8) is 0 Å². The number of hydrogen-bond acceptors (Lipinski definition) is 3. The lowest BCUT2D eigenvalue weighted by atomic mass is 10.0. The van der Waals surface area contributed by atoms with Gasteiger partial charge in [0.05, 0.1) is 0 Å². The van der Waals surface area contributed by atoms with Gasteiger partial charge in [0.2, 0.25) is 5.24 Å². The van der Waals surface area contributed by atoms with Gasteiger partial charge >= 0.3 is 5.97 Å². The number of ether oxygens (including phenoxy) is 1. The molecule has 0 aliphatic carbocycles. The summed E-state index contributed by atoms with van der Waals surface area (Å²) in [4.78, 5) is 23.5. The molecule has 0 saturated heterocycles. The Morgan fingerprint density at radius 2 is 1.43 bits per heavy atom. The van der Waals surface area contributed by atoms with Crippen molar-refractivity contribution >= 4 is 22.8 Å². The van der Waals surface area contributed by atoms with E-state index >= 15 is 0 Å². The molecule has 0 aromatic heterocycles. The van der Waals surface area contributed by atoms with Gasteiger partial charge in [-0.2, -0.15) is 0 Å². The van der Waals surface area contributed by atoms with Crippen LogP contribution in [0.1, 0.15) is 11.1 Å². The zero-order valence-electron chi connectivity index (χ0n) is 11.4. The number of hydrogen-bond donors (Lipinski definition) is 0. The Bertz CT molecular complexity index is 596. The number of esters is 1. The quantitative estimate of drug-likeness (QED) is 0.467. The van der Waals surface area contributed by atoms with Crippen LogP contribution in [-0.4, -0.2) is 11.2 Å². The highest BCUT2D eigenvalue weighted by Gasteiger charge is 2.27. The molecule has 4 heteroatoms. The summed E-state index contributed by atoms with van der Waals surface area (Å²) in [5, 5.41) is -0.697. The highest BCUT2D eigenvalue weighted by Crippen LogP contribution is 2.15. The fourth-order valence-electron chi connectivity index (χ4n) is 1.94. The van der Waals surface area contributed by atoms with Crippen molar-refractivity contribution in [1.29, 1.82) is 0 Å². The molecule has 0 spiro atoms. The van der Waals surface area contributed by atoms with Crippen LogP contribution in [0.15, 0.2) is 60.7 Å². The van der Waals surface area contributed by atoms with Gasteiger partial charge in [-0.25, -0.2) is 0 Å². The Hall–Kier alpha value is -2.13. The molecule has 2 aromatic carbocycles. The fraction of sp³-hybridized carbons (Fsp3) is 0.176. The molecular weight excluding hydrogens is 288 g/mol. The summed E-state index contributed by atoms with van der Waals surface area (Å²) >= 11 is 5.53. The van der Waals surface area contributed by atoms with E-state index in [1.54, 1.807) is 0 Å². The third-order valence-electron chi connectivity index (χ3n) is 3.07. The SMILES string of the molecule is O=C(Cl)C(Cc1ccccc1)C(=O)OCc1ccccc1. The van der Waals surface area contributed by atoms with E-state index in [9.17, 15) is 9.59 Å². The lowest BCUT2D eigenvalue weighted by molar-refractivity contribution is -0.151. The van der Waals surface area contributed by atoms with Gasteiger partial charge in [-0.15, -0.1) is 0 Å². The van der Waals surface area contributed by atoms with Gasteiger partial charge < -0.3 is 4.74 Å². The third-order valence-corrected chi connectivity index (χ3v) is 3.33. The molecule has 0 bridgehead atoms. The molecule has 0 aliphatic heterocycles. The summed E-state index contributed by atoms with van der Waals surface area (Å²) in [7, 11) is 0. The second-order valence-corrected chi connectivity index (χ2v) is 5.01. The van der Waals surface area contributed by atoms with Crippen molar-refractivity contribution < 1.29 is 14.3 Å². The minimum absolute atomic E-state index is 0.134. The lowest BCUT2D eigenvalue weighted by Crippen LogP contribution is -2.25. The Labute approximate surface area is 128 Å². The highest BCUT2D eigenvalue weighted by molar-refractivity contribution is 6.65. The van der Waals surface area contributed by atoms with Crippen LogP contribution in [0.5, 0.6) is 0 Å². The largest absolute Gasteiger partial charge is 0.460 e. The van der Waals surface area contributed by atoms with E-state index in [0.717, 1.165) is 11.1 Å². The van der Waals surface area contributed by atoms with Crippen LogP contribution < -0.4 is 0 Å². The zero-order valence-corrected chi connectivity index (χ0v) is 12.1. The van der Waals surface area contributed by atoms with Crippen LogP contribution in [0.4, 0.5) is 0 Å². The average molecular weight is 303 g/mol. The molecule has 1 unspecified atom stereocenters. The number of carbonyl (C=O) groups excluding carboxylic acids is 2. The molecule has 2 aromatic rings.